The number of aryl methyl sites for hydroxylation is 1. The Morgan fingerprint density at radius 2 is 1.83 bits per heavy atom. The van der Waals surface area contributed by atoms with Crippen LogP contribution in [0.25, 0.3) is 21.9 Å². The Labute approximate surface area is 166 Å². The first kappa shape index (κ1) is 17.2. The van der Waals surface area contributed by atoms with Crippen molar-refractivity contribution in [1.82, 2.24) is 29.9 Å². The maximum atomic E-state index is 12.6. The highest BCUT2D eigenvalue weighted by atomic mass is 16.1. The number of nitrogens with zero attached hydrogens (tertiary/aromatic N) is 5. The largest absolute Gasteiger partial charge is 0.314 e. The third kappa shape index (κ3) is 2.94. The predicted octanol–water partition coefficient (Wildman–Crippen LogP) is 3.37. The van der Waals surface area contributed by atoms with E-state index in [-0.39, 0.29) is 18.0 Å². The third-order valence-corrected chi connectivity index (χ3v) is 5.07. The molecule has 8 heteroatoms. The molecule has 2 aromatic carbocycles. The van der Waals surface area contributed by atoms with Crippen LogP contribution in [0.3, 0.4) is 0 Å². The number of imidazole rings is 1. The highest BCUT2D eigenvalue weighted by Gasteiger charge is 2.18. The highest BCUT2D eigenvalue weighted by Crippen LogP contribution is 2.31. The molecule has 0 aliphatic rings. The third-order valence-electron chi connectivity index (χ3n) is 5.07. The second-order valence-corrected chi connectivity index (χ2v) is 6.99. The number of ketones is 1. The van der Waals surface area contributed by atoms with Crippen LogP contribution in [-0.4, -0.2) is 42.8 Å². The molecule has 0 radical (unpaired) electrons. The fourth-order valence-corrected chi connectivity index (χ4v) is 3.56. The van der Waals surface area contributed by atoms with E-state index in [4.69, 9.17) is 0 Å². The second-order valence-electron chi connectivity index (χ2n) is 6.99. The summed E-state index contributed by atoms with van der Waals surface area (Å²) in [6.07, 6.45) is 2.05. The van der Waals surface area contributed by atoms with Crippen molar-refractivity contribution < 1.29 is 4.79 Å². The molecular weight excluding hydrogens is 366 g/mol. The highest BCUT2D eigenvalue weighted by molar-refractivity contribution is 6.03. The molecular formula is C21H19N7O. The lowest BCUT2D eigenvalue weighted by atomic mass is 10.1. The number of rotatable bonds is 5. The minimum Gasteiger partial charge on any atom is -0.314 e. The maximum absolute atomic E-state index is 12.6. The molecule has 29 heavy (non-hydrogen) atoms. The number of carbonyl (C=O) groups is 1. The molecule has 0 saturated carbocycles. The van der Waals surface area contributed by atoms with E-state index in [0.29, 0.717) is 11.0 Å². The van der Waals surface area contributed by atoms with Gasteiger partial charge in [0.1, 0.15) is 11.6 Å². The van der Waals surface area contributed by atoms with Crippen molar-refractivity contribution in [2.75, 3.05) is 11.9 Å². The zero-order chi connectivity index (χ0) is 20.0. The first-order chi connectivity index (χ1) is 14.1. The van der Waals surface area contributed by atoms with Gasteiger partial charge >= 0.3 is 0 Å². The van der Waals surface area contributed by atoms with E-state index in [9.17, 15) is 4.79 Å². The molecule has 0 spiro atoms. The smallest absolute Gasteiger partial charge is 0.204 e. The van der Waals surface area contributed by atoms with Crippen molar-refractivity contribution in [3.05, 3.63) is 66.1 Å². The summed E-state index contributed by atoms with van der Waals surface area (Å²) >= 11 is 0. The molecule has 0 aliphatic carbocycles. The average molecular weight is 385 g/mol. The lowest BCUT2D eigenvalue weighted by Gasteiger charge is -2.17. The average Bonchev–Trinajstić information content (AvgIpc) is 3.44. The van der Waals surface area contributed by atoms with Crippen LogP contribution in [0.15, 0.2) is 54.7 Å². The number of hydrogen-bond acceptors (Lipinski definition) is 5. The van der Waals surface area contributed by atoms with Gasteiger partial charge in [-0.3, -0.25) is 19.7 Å². The van der Waals surface area contributed by atoms with Crippen molar-refractivity contribution >= 4 is 39.4 Å². The van der Waals surface area contributed by atoms with Crippen LogP contribution in [0.5, 0.6) is 0 Å². The van der Waals surface area contributed by atoms with Gasteiger partial charge in [-0.05, 0) is 17.7 Å². The molecule has 0 saturated heterocycles. The van der Waals surface area contributed by atoms with Gasteiger partial charge in [-0.2, -0.15) is 5.10 Å². The number of H-pyrrole nitrogens is 2. The molecule has 0 fully saturated rings. The number of Topliss-reactive ketones (excluding diaryl/α,β-unsaturated/α-hetero) is 1. The summed E-state index contributed by atoms with van der Waals surface area (Å²) in [5.41, 5.74) is 3.23. The van der Waals surface area contributed by atoms with E-state index in [2.05, 4.69) is 25.3 Å². The summed E-state index contributed by atoms with van der Waals surface area (Å²) in [6.45, 7) is 0. The number of hydrogen-bond donors (Lipinski definition) is 2. The second kappa shape index (κ2) is 6.59. The number of benzene rings is 2. The molecule has 8 nitrogen and oxygen atoms in total. The molecule has 144 valence electrons. The van der Waals surface area contributed by atoms with Gasteiger partial charge in [0.25, 0.3) is 0 Å². The van der Waals surface area contributed by atoms with Crippen molar-refractivity contribution in [3.8, 4) is 0 Å². The first-order valence-corrected chi connectivity index (χ1v) is 9.27. The summed E-state index contributed by atoms with van der Waals surface area (Å²) in [5, 5.41) is 11.6. The number of nitrogens with one attached hydrogen (secondary N) is 2. The molecule has 0 unspecified atom stereocenters. The summed E-state index contributed by atoms with van der Waals surface area (Å²) < 4.78 is 1.80. The topological polar surface area (TPSA) is 95.5 Å². The Morgan fingerprint density at radius 3 is 2.55 bits per heavy atom. The van der Waals surface area contributed by atoms with Gasteiger partial charge in [0.2, 0.25) is 5.78 Å². The van der Waals surface area contributed by atoms with Crippen LogP contribution in [-0.2, 0) is 13.5 Å². The van der Waals surface area contributed by atoms with Crippen LogP contribution in [0, 0.1) is 0 Å². The van der Waals surface area contributed by atoms with Gasteiger partial charge in [-0.1, -0.05) is 30.3 Å². The molecule has 5 rings (SSSR count). The van der Waals surface area contributed by atoms with Crippen molar-refractivity contribution in [1.29, 1.82) is 0 Å². The number of carbonyl (C=O) groups excluding carboxylic acids is 1. The quantitative estimate of drug-likeness (QED) is 0.452. The van der Waals surface area contributed by atoms with Crippen molar-refractivity contribution in [2.45, 2.75) is 6.42 Å². The molecule has 3 aromatic heterocycles. The minimum absolute atomic E-state index is 0.0881. The molecule has 5 aromatic rings. The van der Waals surface area contributed by atoms with E-state index in [1.54, 1.807) is 10.9 Å². The van der Waals surface area contributed by atoms with Gasteiger partial charge in [0, 0.05) is 32.0 Å². The van der Waals surface area contributed by atoms with Crippen LogP contribution >= 0.6 is 0 Å². The standard InChI is InChI=1S/C21H19N7O/c1-27(19-8-9-22-28(19)2)21-14-11-16-17(12-15(14)25-26-21)24-20(23-16)18(29)10-13-6-4-3-5-7-13/h3-9,11-12,25-26H,10H2,1-2H3. The van der Waals surface area contributed by atoms with E-state index in [0.717, 1.165) is 28.1 Å². The van der Waals surface area contributed by atoms with Crippen molar-refractivity contribution in [2.24, 2.45) is 7.05 Å². The Hall–Kier alpha value is -3.94. The van der Waals surface area contributed by atoms with E-state index in [1.165, 1.54) is 0 Å². The van der Waals surface area contributed by atoms with Crippen LogP contribution in [0.2, 0.25) is 0 Å². The van der Waals surface area contributed by atoms with Gasteiger partial charge in [0.05, 0.1) is 22.7 Å². The van der Waals surface area contributed by atoms with Crippen molar-refractivity contribution in [3.63, 3.8) is 0 Å². The molecule has 3 heterocycles. The van der Waals surface area contributed by atoms with Gasteiger partial charge in [-0.15, -0.1) is 0 Å². The summed E-state index contributed by atoms with van der Waals surface area (Å²) in [6, 6.07) is 15.4. The van der Waals surface area contributed by atoms with Gasteiger partial charge < -0.3 is 4.90 Å². The predicted molar refractivity (Wildman–Crippen MR) is 111 cm³/mol. The van der Waals surface area contributed by atoms with E-state index >= 15 is 0 Å². The number of fused-ring (bicyclic) bond motifs is 2. The summed E-state index contributed by atoms with van der Waals surface area (Å²) in [4.78, 5) is 23.6. The van der Waals surface area contributed by atoms with Gasteiger partial charge in [0.15, 0.2) is 5.82 Å². The SMILES string of the molecule is CN(c1[nH][nH]c2cc3nc(C(=O)Cc4ccccc4)nc3cc12)c1ccnn1C. The summed E-state index contributed by atoms with van der Waals surface area (Å²) in [7, 11) is 3.86. The Balaban J connectivity index is 1.52. The first-order valence-electron chi connectivity index (χ1n) is 9.27. The number of anilines is 2. The Morgan fingerprint density at radius 1 is 1.07 bits per heavy atom. The van der Waals surface area contributed by atoms with Gasteiger partial charge in [-0.25, -0.2) is 9.97 Å². The van der Waals surface area contributed by atoms with E-state index in [1.807, 2.05) is 67.5 Å². The lowest BCUT2D eigenvalue weighted by Crippen LogP contribution is -2.14. The minimum atomic E-state index is -0.0881. The number of aromatic amines is 2. The molecule has 0 atom stereocenters. The van der Waals surface area contributed by atoms with Crippen LogP contribution < -0.4 is 4.90 Å². The maximum Gasteiger partial charge on any atom is 0.204 e. The number of aromatic nitrogens is 6. The monoisotopic (exact) mass is 385 g/mol. The lowest BCUT2D eigenvalue weighted by molar-refractivity contribution is 0.0984. The zero-order valence-corrected chi connectivity index (χ0v) is 16.0. The zero-order valence-electron chi connectivity index (χ0n) is 16.0. The molecule has 0 bridgehead atoms. The fraction of sp³-hybridized carbons (Fsp3) is 0.143. The molecule has 0 aliphatic heterocycles. The normalized spacial score (nSPS) is 11.4. The Bertz CT molecular complexity index is 1330. The summed E-state index contributed by atoms with van der Waals surface area (Å²) in [5.74, 6) is 1.98. The fourth-order valence-electron chi connectivity index (χ4n) is 3.56. The molecule has 0 amide bonds. The van der Waals surface area contributed by atoms with E-state index < -0.39 is 0 Å². The molecule has 2 N–H and O–H groups in total. The van der Waals surface area contributed by atoms with Crippen LogP contribution in [0.4, 0.5) is 11.6 Å². The van der Waals surface area contributed by atoms with Crippen LogP contribution in [0.1, 0.15) is 16.2 Å². The Kier molecular flexibility index (Phi) is 3.90.